The molecule has 0 saturated heterocycles. The highest BCUT2D eigenvalue weighted by atomic mass is 35.5. The Balaban J connectivity index is 1.53. The van der Waals surface area contributed by atoms with Gasteiger partial charge in [-0.1, -0.05) is 36.2 Å². The second kappa shape index (κ2) is 9.18. The lowest BCUT2D eigenvalue weighted by atomic mass is 9.64. The van der Waals surface area contributed by atoms with Crippen molar-refractivity contribution in [1.82, 2.24) is 5.32 Å². The van der Waals surface area contributed by atoms with Crippen LogP contribution in [-0.2, 0) is 26.3 Å². The summed E-state index contributed by atoms with van der Waals surface area (Å²) in [5, 5.41) is 3.36. The number of rotatable bonds is 8. The van der Waals surface area contributed by atoms with Crippen LogP contribution < -0.4 is 14.8 Å². The second-order valence-electron chi connectivity index (χ2n) is 6.98. The molecule has 0 aliphatic heterocycles. The monoisotopic (exact) mass is 417 g/mol. The summed E-state index contributed by atoms with van der Waals surface area (Å²) in [7, 11) is 3.11. The maximum Gasteiger partial charge on any atom is 0.317 e. The van der Waals surface area contributed by atoms with E-state index in [9.17, 15) is 9.59 Å². The molecule has 2 aromatic carbocycles. The first-order valence-corrected chi connectivity index (χ1v) is 9.77. The largest absolute Gasteiger partial charge is 0.493 e. The van der Waals surface area contributed by atoms with Crippen LogP contribution >= 0.6 is 11.6 Å². The van der Waals surface area contributed by atoms with Gasteiger partial charge in [0.15, 0.2) is 18.1 Å². The lowest BCUT2D eigenvalue weighted by Gasteiger charge is -2.39. The quantitative estimate of drug-likeness (QED) is 0.664. The summed E-state index contributed by atoms with van der Waals surface area (Å²) in [6.07, 6.45) is 2.37. The third-order valence-electron chi connectivity index (χ3n) is 5.27. The molecule has 1 saturated carbocycles. The predicted molar refractivity (Wildman–Crippen MR) is 109 cm³/mol. The first-order chi connectivity index (χ1) is 14.0. The van der Waals surface area contributed by atoms with Gasteiger partial charge < -0.3 is 19.5 Å². The average Bonchev–Trinajstić information content (AvgIpc) is 2.71. The van der Waals surface area contributed by atoms with Gasteiger partial charge in [-0.15, -0.1) is 0 Å². The van der Waals surface area contributed by atoms with Gasteiger partial charge in [-0.2, -0.15) is 0 Å². The maximum absolute atomic E-state index is 12.7. The van der Waals surface area contributed by atoms with Gasteiger partial charge in [0.25, 0.3) is 5.91 Å². The number of halogens is 1. The smallest absolute Gasteiger partial charge is 0.317 e. The van der Waals surface area contributed by atoms with E-state index in [2.05, 4.69) is 5.32 Å². The van der Waals surface area contributed by atoms with Gasteiger partial charge in [-0.3, -0.25) is 9.59 Å². The highest BCUT2D eigenvalue weighted by Crippen LogP contribution is 2.45. The molecule has 6 nitrogen and oxygen atoms in total. The lowest BCUT2D eigenvalue weighted by molar-refractivity contribution is -0.157. The van der Waals surface area contributed by atoms with Crippen molar-refractivity contribution in [3.63, 3.8) is 0 Å². The van der Waals surface area contributed by atoms with Crippen molar-refractivity contribution in [3.8, 4) is 11.5 Å². The Kier molecular flexibility index (Phi) is 6.64. The zero-order valence-corrected chi connectivity index (χ0v) is 17.3. The fourth-order valence-corrected chi connectivity index (χ4v) is 3.55. The van der Waals surface area contributed by atoms with Crippen molar-refractivity contribution < 1.29 is 23.8 Å². The van der Waals surface area contributed by atoms with Gasteiger partial charge in [0, 0.05) is 11.6 Å². The van der Waals surface area contributed by atoms with E-state index in [1.807, 2.05) is 18.2 Å². The van der Waals surface area contributed by atoms with Crippen molar-refractivity contribution in [3.05, 3.63) is 58.6 Å². The van der Waals surface area contributed by atoms with Gasteiger partial charge in [-0.05, 0) is 48.2 Å². The molecule has 2 aromatic rings. The molecule has 29 heavy (non-hydrogen) atoms. The van der Waals surface area contributed by atoms with Crippen LogP contribution in [0.1, 0.15) is 30.4 Å². The van der Waals surface area contributed by atoms with Crippen molar-refractivity contribution >= 4 is 23.5 Å². The van der Waals surface area contributed by atoms with Crippen LogP contribution in [0.15, 0.2) is 42.5 Å². The van der Waals surface area contributed by atoms with Gasteiger partial charge in [0.2, 0.25) is 0 Å². The number of amides is 1. The van der Waals surface area contributed by atoms with Crippen LogP contribution in [0.4, 0.5) is 0 Å². The van der Waals surface area contributed by atoms with E-state index in [4.69, 9.17) is 25.8 Å². The van der Waals surface area contributed by atoms with E-state index in [0.29, 0.717) is 35.9 Å². The molecule has 0 unspecified atom stereocenters. The summed E-state index contributed by atoms with van der Waals surface area (Å²) in [4.78, 5) is 24.9. The number of methoxy groups -OCH3 is 2. The molecular formula is C22H24ClNO5. The first-order valence-electron chi connectivity index (χ1n) is 9.39. The van der Waals surface area contributed by atoms with Crippen molar-refractivity contribution in [2.45, 2.75) is 31.2 Å². The van der Waals surface area contributed by atoms with Crippen LogP contribution in [0.25, 0.3) is 0 Å². The fourth-order valence-electron chi connectivity index (χ4n) is 3.42. The highest BCUT2D eigenvalue weighted by molar-refractivity contribution is 6.30. The fraction of sp³-hybridized carbons (Fsp3) is 0.364. The Labute approximate surface area is 175 Å². The molecule has 0 bridgehead atoms. The molecular weight excluding hydrogens is 394 g/mol. The lowest BCUT2D eigenvalue weighted by Crippen LogP contribution is -2.44. The second-order valence-corrected chi connectivity index (χ2v) is 7.42. The standard InChI is InChI=1S/C22H24ClNO5/c1-27-18-9-4-15(12-19(18)28-2)13-24-20(25)14-29-21(26)22(10-3-11-22)16-5-7-17(23)8-6-16/h4-9,12H,3,10-11,13-14H2,1-2H3,(H,24,25). The summed E-state index contributed by atoms with van der Waals surface area (Å²) in [6, 6.07) is 12.6. The van der Waals surface area contributed by atoms with E-state index in [-0.39, 0.29) is 18.5 Å². The molecule has 3 rings (SSSR count). The van der Waals surface area contributed by atoms with E-state index >= 15 is 0 Å². The maximum atomic E-state index is 12.7. The molecule has 7 heteroatoms. The number of hydrogen-bond acceptors (Lipinski definition) is 5. The summed E-state index contributed by atoms with van der Waals surface area (Å²) in [6.45, 7) is -0.0273. The van der Waals surface area contributed by atoms with Crippen molar-refractivity contribution in [2.75, 3.05) is 20.8 Å². The van der Waals surface area contributed by atoms with Crippen LogP contribution in [0.5, 0.6) is 11.5 Å². The molecule has 1 amide bonds. The number of carbonyl (C=O) groups excluding carboxylic acids is 2. The summed E-state index contributed by atoms with van der Waals surface area (Å²) >= 11 is 5.94. The minimum atomic E-state index is -0.672. The normalized spacial score (nSPS) is 14.4. The number of benzene rings is 2. The number of ether oxygens (including phenoxy) is 3. The highest BCUT2D eigenvalue weighted by Gasteiger charge is 2.47. The molecule has 1 aliphatic carbocycles. The minimum absolute atomic E-state index is 0.291. The molecule has 0 atom stereocenters. The van der Waals surface area contributed by atoms with Crippen LogP contribution in [0.3, 0.4) is 0 Å². The van der Waals surface area contributed by atoms with Crippen LogP contribution in [0.2, 0.25) is 5.02 Å². The topological polar surface area (TPSA) is 73.9 Å². The van der Waals surface area contributed by atoms with Crippen LogP contribution in [0, 0.1) is 0 Å². The van der Waals surface area contributed by atoms with E-state index in [1.165, 1.54) is 0 Å². The zero-order valence-electron chi connectivity index (χ0n) is 16.5. The Bertz CT molecular complexity index is 877. The Morgan fingerprint density at radius 1 is 1.03 bits per heavy atom. The Morgan fingerprint density at radius 2 is 1.72 bits per heavy atom. The number of hydrogen-bond donors (Lipinski definition) is 1. The average molecular weight is 418 g/mol. The summed E-state index contributed by atoms with van der Waals surface area (Å²) in [5.74, 6) is 0.469. The van der Waals surface area contributed by atoms with Gasteiger partial charge >= 0.3 is 5.97 Å². The number of carbonyl (C=O) groups is 2. The first kappa shape index (κ1) is 21.0. The molecule has 1 aliphatic rings. The molecule has 0 spiro atoms. The third-order valence-corrected chi connectivity index (χ3v) is 5.52. The summed E-state index contributed by atoms with van der Waals surface area (Å²) < 4.78 is 15.8. The molecule has 0 heterocycles. The van der Waals surface area contributed by atoms with Gasteiger partial charge in [0.1, 0.15) is 0 Å². The SMILES string of the molecule is COc1ccc(CNC(=O)COC(=O)C2(c3ccc(Cl)cc3)CCC2)cc1OC. The Morgan fingerprint density at radius 3 is 2.31 bits per heavy atom. The van der Waals surface area contributed by atoms with Crippen molar-refractivity contribution in [1.29, 1.82) is 0 Å². The van der Waals surface area contributed by atoms with E-state index in [1.54, 1.807) is 38.5 Å². The molecule has 1 fully saturated rings. The predicted octanol–water partition coefficient (Wildman–Crippen LogP) is 3.64. The van der Waals surface area contributed by atoms with Gasteiger partial charge in [-0.25, -0.2) is 0 Å². The van der Waals surface area contributed by atoms with Crippen molar-refractivity contribution in [2.24, 2.45) is 0 Å². The zero-order chi connectivity index (χ0) is 20.9. The number of nitrogens with one attached hydrogen (secondary N) is 1. The van der Waals surface area contributed by atoms with Gasteiger partial charge in [0.05, 0.1) is 19.6 Å². The summed E-state index contributed by atoms with van der Waals surface area (Å²) in [5.41, 5.74) is 1.05. The Hall–Kier alpha value is -2.73. The van der Waals surface area contributed by atoms with E-state index < -0.39 is 5.41 Å². The molecule has 1 N–H and O–H groups in total. The number of esters is 1. The third kappa shape index (κ3) is 4.65. The molecule has 0 aromatic heterocycles. The molecule has 0 radical (unpaired) electrons. The minimum Gasteiger partial charge on any atom is -0.493 e. The van der Waals surface area contributed by atoms with Crippen LogP contribution in [-0.4, -0.2) is 32.7 Å². The molecule has 154 valence electrons. The van der Waals surface area contributed by atoms with E-state index in [0.717, 1.165) is 17.5 Å².